The number of hydrogen-bond acceptors (Lipinski definition) is 3. The Balaban J connectivity index is 1.96. The maximum atomic E-state index is 14.8. The molecule has 6 aromatic rings. The van der Waals surface area contributed by atoms with E-state index < -0.39 is 0 Å². The molecule has 3 aromatic carbocycles. The van der Waals surface area contributed by atoms with E-state index >= 15 is 0 Å². The maximum Gasteiger partial charge on any atom is 0.202 e. The van der Waals surface area contributed by atoms with Gasteiger partial charge in [0.05, 0.1) is 22.1 Å². The SMILES string of the molecule is Cn1c2ccccc2c(=O)c2c1nc(-c1ccccc1F)n1c3ccccc3nc21. The third kappa shape index (κ3) is 2.13. The molecule has 0 unspecified atom stereocenters. The molecule has 0 radical (unpaired) electrons. The molecule has 3 aromatic heterocycles. The lowest BCUT2D eigenvalue weighted by Crippen LogP contribution is -2.13. The van der Waals surface area contributed by atoms with Crippen molar-refractivity contribution in [1.29, 1.82) is 0 Å². The average molecular weight is 394 g/mol. The van der Waals surface area contributed by atoms with E-state index in [2.05, 4.69) is 0 Å². The van der Waals surface area contributed by atoms with Gasteiger partial charge in [0.15, 0.2) is 11.5 Å². The molecule has 0 aliphatic heterocycles. The smallest absolute Gasteiger partial charge is 0.202 e. The summed E-state index contributed by atoms with van der Waals surface area (Å²) in [5.74, 6) is 0.0313. The van der Waals surface area contributed by atoms with Crippen LogP contribution in [0, 0.1) is 5.82 Å². The van der Waals surface area contributed by atoms with Crippen LogP contribution in [-0.2, 0) is 7.05 Å². The highest BCUT2D eigenvalue weighted by atomic mass is 19.1. The van der Waals surface area contributed by atoms with Crippen LogP contribution in [0.2, 0.25) is 0 Å². The molecular weight excluding hydrogens is 379 g/mol. The lowest BCUT2D eigenvalue weighted by atomic mass is 10.1. The van der Waals surface area contributed by atoms with Gasteiger partial charge in [-0.3, -0.25) is 9.20 Å². The fourth-order valence-corrected chi connectivity index (χ4v) is 4.19. The quantitative estimate of drug-likeness (QED) is 0.380. The third-order valence-electron chi connectivity index (χ3n) is 5.60. The van der Waals surface area contributed by atoms with E-state index in [0.29, 0.717) is 33.5 Å². The normalized spacial score (nSPS) is 11.8. The lowest BCUT2D eigenvalue weighted by molar-refractivity contribution is 0.630. The van der Waals surface area contributed by atoms with E-state index in [1.165, 1.54) is 6.07 Å². The largest absolute Gasteiger partial charge is 0.328 e. The number of para-hydroxylation sites is 3. The van der Waals surface area contributed by atoms with E-state index in [1.54, 1.807) is 28.7 Å². The molecular formula is C24H15FN4O. The number of hydrogen-bond donors (Lipinski definition) is 0. The van der Waals surface area contributed by atoms with Crippen molar-refractivity contribution in [2.75, 3.05) is 0 Å². The van der Waals surface area contributed by atoms with Gasteiger partial charge in [0.1, 0.15) is 16.9 Å². The fourth-order valence-electron chi connectivity index (χ4n) is 4.19. The van der Waals surface area contributed by atoms with Crippen LogP contribution in [0.4, 0.5) is 4.39 Å². The van der Waals surface area contributed by atoms with Crippen molar-refractivity contribution >= 4 is 38.6 Å². The highest BCUT2D eigenvalue weighted by molar-refractivity contribution is 6.02. The van der Waals surface area contributed by atoms with Gasteiger partial charge < -0.3 is 4.57 Å². The zero-order valence-corrected chi connectivity index (χ0v) is 16.0. The monoisotopic (exact) mass is 394 g/mol. The fraction of sp³-hybridized carbons (Fsp3) is 0.0417. The van der Waals surface area contributed by atoms with Crippen molar-refractivity contribution in [2.45, 2.75) is 0 Å². The van der Waals surface area contributed by atoms with E-state index in [0.717, 1.165) is 16.6 Å². The first kappa shape index (κ1) is 16.9. The van der Waals surface area contributed by atoms with Crippen LogP contribution in [0.5, 0.6) is 0 Å². The van der Waals surface area contributed by atoms with Gasteiger partial charge in [0.25, 0.3) is 0 Å². The summed E-state index contributed by atoms with van der Waals surface area (Å²) >= 11 is 0. The Labute approximate surface area is 169 Å². The first-order valence-electron chi connectivity index (χ1n) is 9.58. The van der Waals surface area contributed by atoms with Crippen LogP contribution in [0.3, 0.4) is 0 Å². The van der Waals surface area contributed by atoms with E-state index in [4.69, 9.17) is 9.97 Å². The summed E-state index contributed by atoms with van der Waals surface area (Å²) in [6.07, 6.45) is 0. The van der Waals surface area contributed by atoms with Crippen molar-refractivity contribution in [3.05, 3.63) is 88.8 Å². The Morgan fingerprint density at radius 3 is 2.33 bits per heavy atom. The molecule has 0 N–H and O–H groups in total. The lowest BCUT2D eigenvalue weighted by Gasteiger charge is -2.14. The highest BCUT2D eigenvalue weighted by Crippen LogP contribution is 2.30. The summed E-state index contributed by atoms with van der Waals surface area (Å²) < 4.78 is 18.5. The van der Waals surface area contributed by atoms with Crippen molar-refractivity contribution in [2.24, 2.45) is 7.05 Å². The van der Waals surface area contributed by atoms with Crippen LogP contribution < -0.4 is 5.43 Å². The third-order valence-corrected chi connectivity index (χ3v) is 5.60. The highest BCUT2D eigenvalue weighted by Gasteiger charge is 2.21. The molecule has 0 atom stereocenters. The number of aryl methyl sites for hydroxylation is 1. The van der Waals surface area contributed by atoms with Gasteiger partial charge >= 0.3 is 0 Å². The Morgan fingerprint density at radius 2 is 1.50 bits per heavy atom. The Hall–Kier alpha value is -4.06. The molecule has 0 aliphatic carbocycles. The van der Waals surface area contributed by atoms with Gasteiger partial charge in [0.2, 0.25) is 5.43 Å². The zero-order chi connectivity index (χ0) is 20.4. The number of aromatic nitrogens is 4. The van der Waals surface area contributed by atoms with Gasteiger partial charge in [-0.1, -0.05) is 36.4 Å². The summed E-state index contributed by atoms with van der Waals surface area (Å²) in [7, 11) is 1.86. The number of benzene rings is 3. The summed E-state index contributed by atoms with van der Waals surface area (Å²) in [6, 6.07) is 21.5. The van der Waals surface area contributed by atoms with Gasteiger partial charge in [-0.25, -0.2) is 14.4 Å². The number of halogens is 1. The second kappa shape index (κ2) is 5.97. The van der Waals surface area contributed by atoms with E-state index in [1.807, 2.05) is 54.1 Å². The molecule has 0 amide bonds. The summed E-state index contributed by atoms with van der Waals surface area (Å²) in [5, 5.41) is 1.02. The molecule has 0 bridgehead atoms. The second-order valence-corrected chi connectivity index (χ2v) is 7.28. The van der Waals surface area contributed by atoms with E-state index in [-0.39, 0.29) is 11.2 Å². The average Bonchev–Trinajstić information content (AvgIpc) is 3.16. The molecule has 5 nitrogen and oxygen atoms in total. The molecule has 0 saturated heterocycles. The number of pyridine rings is 1. The van der Waals surface area contributed by atoms with Gasteiger partial charge in [-0.15, -0.1) is 0 Å². The molecule has 0 spiro atoms. The van der Waals surface area contributed by atoms with Crippen LogP contribution in [0.1, 0.15) is 0 Å². The Kier molecular flexibility index (Phi) is 3.35. The van der Waals surface area contributed by atoms with Crippen molar-refractivity contribution in [3.63, 3.8) is 0 Å². The minimum Gasteiger partial charge on any atom is -0.328 e. The Morgan fingerprint density at radius 1 is 0.800 bits per heavy atom. The van der Waals surface area contributed by atoms with Crippen molar-refractivity contribution in [1.82, 2.24) is 18.9 Å². The molecule has 30 heavy (non-hydrogen) atoms. The maximum absolute atomic E-state index is 14.8. The van der Waals surface area contributed by atoms with Gasteiger partial charge in [-0.05, 0) is 36.4 Å². The zero-order valence-electron chi connectivity index (χ0n) is 16.0. The number of fused-ring (bicyclic) bond motifs is 6. The molecule has 0 fully saturated rings. The van der Waals surface area contributed by atoms with Crippen LogP contribution >= 0.6 is 0 Å². The van der Waals surface area contributed by atoms with Gasteiger partial charge in [0, 0.05) is 12.4 Å². The standard InChI is InChI=1S/C24H15FN4O/c1-28-18-12-6-3-9-15(18)21(30)20-23(28)27-22(14-8-2-4-10-16(14)25)29-19-13-7-5-11-17(19)26-24(20)29/h2-13H,1H3. The van der Waals surface area contributed by atoms with Gasteiger partial charge in [-0.2, -0.15) is 0 Å². The molecule has 0 aliphatic rings. The van der Waals surface area contributed by atoms with Crippen LogP contribution in [-0.4, -0.2) is 18.9 Å². The number of imidazole rings is 1. The summed E-state index contributed by atoms with van der Waals surface area (Å²) in [5.41, 5.74) is 3.43. The molecule has 0 saturated carbocycles. The molecule has 6 rings (SSSR count). The summed E-state index contributed by atoms with van der Waals surface area (Å²) in [6.45, 7) is 0. The topological polar surface area (TPSA) is 52.2 Å². The predicted molar refractivity (Wildman–Crippen MR) is 116 cm³/mol. The Bertz CT molecular complexity index is 1700. The molecule has 3 heterocycles. The van der Waals surface area contributed by atoms with Crippen molar-refractivity contribution in [3.8, 4) is 11.4 Å². The molecule has 144 valence electrons. The van der Waals surface area contributed by atoms with Crippen LogP contribution in [0.25, 0.3) is 50.0 Å². The first-order valence-corrected chi connectivity index (χ1v) is 9.58. The minimum absolute atomic E-state index is 0.133. The number of rotatable bonds is 1. The number of nitrogens with zero attached hydrogens (tertiary/aromatic N) is 4. The van der Waals surface area contributed by atoms with E-state index in [9.17, 15) is 9.18 Å². The minimum atomic E-state index is -0.380. The first-order chi connectivity index (χ1) is 14.6. The van der Waals surface area contributed by atoms with Crippen molar-refractivity contribution < 1.29 is 4.39 Å². The summed E-state index contributed by atoms with van der Waals surface area (Å²) in [4.78, 5) is 23.0. The second-order valence-electron chi connectivity index (χ2n) is 7.28. The predicted octanol–water partition coefficient (Wildman–Crippen LogP) is 4.69. The molecule has 6 heteroatoms. The van der Waals surface area contributed by atoms with Crippen LogP contribution in [0.15, 0.2) is 77.6 Å².